The number of benzene rings is 1. The van der Waals surface area contributed by atoms with Crippen LogP contribution in [0.2, 0.25) is 0 Å². The second kappa shape index (κ2) is 10.3. The SMILES string of the molecule is CC(C)c1noc(N2CCC(C3CC3CCOc3cc(F)c(CC(=O)N(C)C)cc3F)CC2)n1. The van der Waals surface area contributed by atoms with E-state index in [2.05, 4.69) is 15.0 Å². The zero-order valence-corrected chi connectivity index (χ0v) is 20.4. The van der Waals surface area contributed by atoms with Crippen LogP contribution in [0, 0.1) is 29.4 Å². The number of hydrogen-bond acceptors (Lipinski definition) is 6. The molecule has 1 saturated heterocycles. The summed E-state index contributed by atoms with van der Waals surface area (Å²) in [5.41, 5.74) is 0.0399. The number of aromatic nitrogens is 2. The number of ether oxygens (including phenoxy) is 1. The van der Waals surface area contributed by atoms with Gasteiger partial charge >= 0.3 is 6.01 Å². The molecular weight excluding hydrogens is 442 g/mol. The van der Waals surface area contributed by atoms with Gasteiger partial charge in [0.15, 0.2) is 17.4 Å². The van der Waals surface area contributed by atoms with Crippen molar-refractivity contribution < 1.29 is 22.8 Å². The molecule has 4 rings (SSSR count). The molecule has 9 heteroatoms. The van der Waals surface area contributed by atoms with Crippen LogP contribution in [-0.4, -0.2) is 54.7 Å². The van der Waals surface area contributed by atoms with Crippen molar-refractivity contribution in [2.45, 2.75) is 51.9 Å². The largest absolute Gasteiger partial charge is 0.490 e. The van der Waals surface area contributed by atoms with Gasteiger partial charge in [0.25, 0.3) is 0 Å². The molecule has 2 aromatic rings. The topological polar surface area (TPSA) is 71.7 Å². The lowest BCUT2D eigenvalue weighted by Crippen LogP contribution is -2.34. The molecule has 0 N–H and O–H groups in total. The van der Waals surface area contributed by atoms with Crippen LogP contribution in [0.15, 0.2) is 16.7 Å². The van der Waals surface area contributed by atoms with Crippen molar-refractivity contribution in [3.8, 4) is 5.75 Å². The van der Waals surface area contributed by atoms with Gasteiger partial charge in [0.05, 0.1) is 13.0 Å². The van der Waals surface area contributed by atoms with E-state index in [9.17, 15) is 13.6 Å². The average molecular weight is 477 g/mol. The summed E-state index contributed by atoms with van der Waals surface area (Å²) in [6, 6.07) is 2.73. The number of anilines is 1. The van der Waals surface area contributed by atoms with E-state index in [-0.39, 0.29) is 29.6 Å². The molecule has 2 heterocycles. The zero-order chi connectivity index (χ0) is 24.4. The lowest BCUT2D eigenvalue weighted by molar-refractivity contribution is -0.128. The summed E-state index contributed by atoms with van der Waals surface area (Å²) in [6.45, 7) is 6.28. The fourth-order valence-electron chi connectivity index (χ4n) is 4.75. The predicted octanol–water partition coefficient (Wildman–Crippen LogP) is 4.42. The van der Waals surface area contributed by atoms with Gasteiger partial charge in [0, 0.05) is 44.7 Å². The third-order valence-corrected chi connectivity index (χ3v) is 7.03. The van der Waals surface area contributed by atoms with Crippen LogP contribution in [-0.2, 0) is 11.2 Å². The Morgan fingerprint density at radius 1 is 1.24 bits per heavy atom. The van der Waals surface area contributed by atoms with E-state index in [4.69, 9.17) is 9.26 Å². The zero-order valence-electron chi connectivity index (χ0n) is 20.4. The number of nitrogens with zero attached hydrogens (tertiary/aromatic N) is 4. The third-order valence-electron chi connectivity index (χ3n) is 7.03. The summed E-state index contributed by atoms with van der Waals surface area (Å²) in [5.74, 6) is 1.26. The van der Waals surface area contributed by atoms with Crippen molar-refractivity contribution in [2.75, 3.05) is 38.7 Å². The molecule has 1 aliphatic carbocycles. The van der Waals surface area contributed by atoms with E-state index in [0.29, 0.717) is 30.4 Å². The molecule has 1 aromatic carbocycles. The van der Waals surface area contributed by atoms with Gasteiger partial charge in [-0.05, 0) is 49.5 Å². The average Bonchev–Trinajstić information content (AvgIpc) is 3.39. The Morgan fingerprint density at radius 3 is 2.62 bits per heavy atom. The maximum atomic E-state index is 14.4. The van der Waals surface area contributed by atoms with Crippen LogP contribution >= 0.6 is 0 Å². The summed E-state index contributed by atoms with van der Waals surface area (Å²) < 4.78 is 39.7. The minimum absolute atomic E-state index is 0.0399. The molecule has 34 heavy (non-hydrogen) atoms. The highest BCUT2D eigenvalue weighted by Crippen LogP contribution is 2.50. The molecule has 186 valence electrons. The van der Waals surface area contributed by atoms with E-state index in [1.165, 1.54) is 4.90 Å². The van der Waals surface area contributed by atoms with Crippen molar-refractivity contribution in [3.63, 3.8) is 0 Å². The second-order valence-corrected chi connectivity index (χ2v) is 10.1. The first-order chi connectivity index (χ1) is 16.2. The summed E-state index contributed by atoms with van der Waals surface area (Å²) in [6.07, 6.45) is 4.00. The highest BCUT2D eigenvalue weighted by molar-refractivity contribution is 5.78. The molecule has 2 unspecified atom stereocenters. The van der Waals surface area contributed by atoms with Crippen molar-refractivity contribution in [1.82, 2.24) is 15.0 Å². The van der Waals surface area contributed by atoms with Gasteiger partial charge in [-0.1, -0.05) is 19.0 Å². The van der Waals surface area contributed by atoms with Crippen LogP contribution < -0.4 is 9.64 Å². The molecule has 0 bridgehead atoms. The standard InChI is InChI=1S/C25H34F2N4O3/c1-15(2)24-28-25(34-29-24)31-8-5-16(6-9-31)19-11-17(19)7-10-33-22-14-20(26)18(12-21(22)27)13-23(32)30(3)4/h12,14-17,19H,5-11,13H2,1-4H3. The first-order valence-corrected chi connectivity index (χ1v) is 12.1. The molecule has 0 spiro atoms. The summed E-state index contributed by atoms with van der Waals surface area (Å²) in [5, 5.41) is 4.06. The highest BCUT2D eigenvalue weighted by atomic mass is 19.1. The fourth-order valence-corrected chi connectivity index (χ4v) is 4.75. The fraction of sp³-hybridized carbons (Fsp3) is 0.640. The van der Waals surface area contributed by atoms with Crippen molar-refractivity contribution >= 4 is 11.9 Å². The van der Waals surface area contributed by atoms with E-state index in [0.717, 1.165) is 56.7 Å². The number of carbonyl (C=O) groups excluding carboxylic acids is 1. The normalized spacial score (nSPS) is 20.6. The number of rotatable bonds is 9. The van der Waals surface area contributed by atoms with Crippen molar-refractivity contribution in [1.29, 1.82) is 0 Å². The lowest BCUT2D eigenvalue weighted by atomic mass is 9.90. The Hall–Kier alpha value is -2.71. The van der Waals surface area contributed by atoms with Crippen molar-refractivity contribution in [2.24, 2.45) is 17.8 Å². The van der Waals surface area contributed by atoms with Gasteiger partial charge in [-0.25, -0.2) is 8.78 Å². The second-order valence-electron chi connectivity index (χ2n) is 10.1. The van der Waals surface area contributed by atoms with Crippen LogP contribution in [0.4, 0.5) is 14.8 Å². The highest BCUT2D eigenvalue weighted by Gasteiger charge is 2.43. The lowest BCUT2D eigenvalue weighted by Gasteiger charge is -2.30. The van der Waals surface area contributed by atoms with E-state index in [1.54, 1.807) is 14.1 Å². The first kappa shape index (κ1) is 24.4. The van der Waals surface area contributed by atoms with E-state index in [1.807, 2.05) is 13.8 Å². The molecule has 2 aliphatic rings. The van der Waals surface area contributed by atoms with E-state index >= 15 is 0 Å². The Morgan fingerprint density at radius 2 is 1.97 bits per heavy atom. The third kappa shape index (κ3) is 5.67. The van der Waals surface area contributed by atoms with Gasteiger partial charge in [-0.15, -0.1) is 0 Å². The number of likely N-dealkylation sites (N-methyl/N-ethyl adjacent to an activating group) is 1. The van der Waals surface area contributed by atoms with Gasteiger partial charge in [-0.3, -0.25) is 4.79 Å². The smallest absolute Gasteiger partial charge is 0.324 e. The molecule has 7 nitrogen and oxygen atoms in total. The summed E-state index contributed by atoms with van der Waals surface area (Å²) in [7, 11) is 3.16. The number of halogens is 2. The molecule has 1 saturated carbocycles. The Labute approximate surface area is 199 Å². The predicted molar refractivity (Wildman–Crippen MR) is 124 cm³/mol. The van der Waals surface area contributed by atoms with Crippen LogP contribution in [0.1, 0.15) is 56.8 Å². The quantitative estimate of drug-likeness (QED) is 0.534. The van der Waals surface area contributed by atoms with Crippen LogP contribution in [0.5, 0.6) is 5.75 Å². The first-order valence-electron chi connectivity index (χ1n) is 12.1. The molecule has 2 atom stereocenters. The monoisotopic (exact) mass is 476 g/mol. The molecule has 0 radical (unpaired) electrons. The minimum atomic E-state index is -0.635. The van der Waals surface area contributed by atoms with E-state index < -0.39 is 11.6 Å². The number of piperidine rings is 1. The Bertz CT molecular complexity index is 1000. The van der Waals surface area contributed by atoms with Gasteiger partial charge < -0.3 is 19.1 Å². The molecule has 1 amide bonds. The summed E-state index contributed by atoms with van der Waals surface area (Å²) >= 11 is 0. The number of hydrogen-bond donors (Lipinski definition) is 0. The maximum absolute atomic E-state index is 14.4. The maximum Gasteiger partial charge on any atom is 0.324 e. The minimum Gasteiger partial charge on any atom is -0.490 e. The number of carbonyl (C=O) groups is 1. The Kier molecular flexibility index (Phi) is 7.38. The van der Waals surface area contributed by atoms with Gasteiger partial charge in [0.1, 0.15) is 5.82 Å². The van der Waals surface area contributed by atoms with Gasteiger partial charge in [-0.2, -0.15) is 4.98 Å². The molecule has 1 aromatic heterocycles. The van der Waals surface area contributed by atoms with Crippen LogP contribution in [0.25, 0.3) is 0 Å². The molecule has 2 fully saturated rings. The summed E-state index contributed by atoms with van der Waals surface area (Å²) in [4.78, 5) is 19.8. The number of amides is 1. The Balaban J connectivity index is 1.20. The van der Waals surface area contributed by atoms with Crippen LogP contribution in [0.3, 0.4) is 0 Å². The molecular formula is C25H34F2N4O3. The molecule has 1 aliphatic heterocycles. The van der Waals surface area contributed by atoms with Crippen molar-refractivity contribution in [3.05, 3.63) is 35.2 Å². The van der Waals surface area contributed by atoms with Gasteiger partial charge in [0.2, 0.25) is 5.91 Å².